The molecule has 0 bridgehead atoms. The SMILES string of the molecule is COc1ccc2c(c1)CCC[C@@]21NC(=O)N(CC(=O)Nc2cc(OC)c([N+](=O)[O-])cc2C)C1=O. The topological polar surface area (TPSA) is 140 Å². The number of benzene rings is 2. The lowest BCUT2D eigenvalue weighted by molar-refractivity contribution is -0.385. The third-order valence-corrected chi connectivity index (χ3v) is 6.24. The Morgan fingerprint density at radius 3 is 2.68 bits per heavy atom. The van der Waals surface area contributed by atoms with Gasteiger partial charge in [-0.15, -0.1) is 0 Å². The second-order valence-electron chi connectivity index (χ2n) is 8.25. The number of hydrogen-bond donors (Lipinski definition) is 2. The molecule has 1 spiro atoms. The van der Waals surface area contributed by atoms with Crippen LogP contribution in [0.1, 0.15) is 29.5 Å². The second kappa shape index (κ2) is 8.65. The van der Waals surface area contributed by atoms with Crippen LogP contribution in [0.5, 0.6) is 11.5 Å². The van der Waals surface area contributed by atoms with Gasteiger partial charge in [0.15, 0.2) is 5.75 Å². The third-order valence-electron chi connectivity index (χ3n) is 6.24. The van der Waals surface area contributed by atoms with E-state index in [0.29, 0.717) is 29.7 Å². The lowest BCUT2D eigenvalue weighted by Crippen LogP contribution is -2.47. The van der Waals surface area contributed by atoms with Crippen molar-refractivity contribution < 1.29 is 28.8 Å². The minimum absolute atomic E-state index is 0.0194. The van der Waals surface area contributed by atoms with Gasteiger partial charge in [0.05, 0.1) is 19.1 Å². The van der Waals surface area contributed by atoms with Crippen LogP contribution < -0.4 is 20.1 Å². The minimum atomic E-state index is -1.22. The van der Waals surface area contributed by atoms with Crippen molar-refractivity contribution in [2.45, 2.75) is 31.7 Å². The summed E-state index contributed by atoms with van der Waals surface area (Å²) in [6, 6.07) is 7.35. The molecule has 2 aromatic carbocycles. The number of urea groups is 1. The van der Waals surface area contributed by atoms with Crippen molar-refractivity contribution in [3.8, 4) is 11.5 Å². The molecular weight excluding hydrogens is 444 g/mol. The molecule has 178 valence electrons. The van der Waals surface area contributed by atoms with Gasteiger partial charge in [-0.25, -0.2) is 4.79 Å². The smallest absolute Gasteiger partial charge is 0.325 e. The molecule has 4 rings (SSSR count). The fourth-order valence-corrected chi connectivity index (χ4v) is 4.57. The maximum absolute atomic E-state index is 13.4. The van der Waals surface area contributed by atoms with Gasteiger partial charge in [-0.3, -0.25) is 24.6 Å². The number of rotatable bonds is 6. The first-order chi connectivity index (χ1) is 16.2. The van der Waals surface area contributed by atoms with Crippen molar-refractivity contribution >= 4 is 29.2 Å². The normalized spacial score (nSPS) is 19.0. The van der Waals surface area contributed by atoms with Crippen LogP contribution in [0, 0.1) is 17.0 Å². The van der Waals surface area contributed by atoms with Gasteiger partial charge in [0.1, 0.15) is 17.8 Å². The van der Waals surface area contributed by atoms with E-state index in [-0.39, 0.29) is 17.1 Å². The van der Waals surface area contributed by atoms with E-state index in [2.05, 4.69) is 10.6 Å². The van der Waals surface area contributed by atoms with Crippen molar-refractivity contribution in [3.63, 3.8) is 0 Å². The van der Waals surface area contributed by atoms with Gasteiger partial charge in [0.2, 0.25) is 5.91 Å². The number of nitro groups is 1. The van der Waals surface area contributed by atoms with Gasteiger partial charge >= 0.3 is 11.7 Å². The van der Waals surface area contributed by atoms with Crippen molar-refractivity contribution in [2.24, 2.45) is 0 Å². The fourth-order valence-electron chi connectivity index (χ4n) is 4.57. The Bertz CT molecular complexity index is 1210. The number of anilines is 1. The molecule has 0 unspecified atom stereocenters. The van der Waals surface area contributed by atoms with Crippen molar-refractivity contribution in [1.29, 1.82) is 0 Å². The minimum Gasteiger partial charge on any atom is -0.497 e. The molecule has 1 aliphatic carbocycles. The molecule has 2 aliphatic rings. The maximum Gasteiger partial charge on any atom is 0.325 e. The van der Waals surface area contributed by atoms with Gasteiger partial charge in [-0.2, -0.15) is 0 Å². The molecule has 2 aromatic rings. The third kappa shape index (κ3) is 3.78. The second-order valence-corrected chi connectivity index (χ2v) is 8.25. The highest BCUT2D eigenvalue weighted by Crippen LogP contribution is 2.41. The van der Waals surface area contributed by atoms with E-state index in [1.165, 1.54) is 19.2 Å². The van der Waals surface area contributed by atoms with Crippen LogP contribution in [0.2, 0.25) is 0 Å². The van der Waals surface area contributed by atoms with Crippen LogP contribution in [-0.4, -0.2) is 48.4 Å². The van der Waals surface area contributed by atoms with Gasteiger partial charge in [0, 0.05) is 17.8 Å². The molecule has 1 fully saturated rings. The summed E-state index contributed by atoms with van der Waals surface area (Å²) in [5.74, 6) is -0.464. The summed E-state index contributed by atoms with van der Waals surface area (Å²) in [5.41, 5.74) is 0.885. The number of nitrogens with one attached hydrogen (secondary N) is 2. The molecule has 0 radical (unpaired) electrons. The van der Waals surface area contributed by atoms with E-state index in [9.17, 15) is 24.5 Å². The highest BCUT2D eigenvalue weighted by atomic mass is 16.6. The summed E-state index contributed by atoms with van der Waals surface area (Å²) in [6.07, 6.45) is 1.86. The molecule has 1 saturated heterocycles. The Kier molecular flexibility index (Phi) is 5.86. The van der Waals surface area contributed by atoms with E-state index >= 15 is 0 Å². The maximum atomic E-state index is 13.4. The molecular formula is C23H24N4O7. The van der Waals surface area contributed by atoms with Gasteiger partial charge < -0.3 is 20.1 Å². The lowest BCUT2D eigenvalue weighted by Gasteiger charge is -2.33. The number of nitrogens with zero attached hydrogens (tertiary/aromatic N) is 2. The number of methoxy groups -OCH3 is 2. The van der Waals surface area contributed by atoms with E-state index in [1.807, 2.05) is 6.07 Å². The van der Waals surface area contributed by atoms with Crippen LogP contribution in [0.25, 0.3) is 0 Å². The zero-order valence-electron chi connectivity index (χ0n) is 19.0. The fraction of sp³-hybridized carbons (Fsp3) is 0.348. The van der Waals surface area contributed by atoms with Crippen molar-refractivity contribution in [2.75, 3.05) is 26.1 Å². The zero-order valence-corrected chi connectivity index (χ0v) is 19.0. The summed E-state index contributed by atoms with van der Waals surface area (Å²) >= 11 is 0. The van der Waals surface area contributed by atoms with E-state index < -0.39 is 34.9 Å². The Morgan fingerprint density at radius 1 is 1.24 bits per heavy atom. The number of nitro benzene ring substituents is 1. The molecule has 11 nitrogen and oxygen atoms in total. The zero-order chi connectivity index (χ0) is 24.6. The molecule has 1 heterocycles. The quantitative estimate of drug-likeness (QED) is 0.377. The predicted octanol–water partition coefficient (Wildman–Crippen LogP) is 2.64. The van der Waals surface area contributed by atoms with Crippen LogP contribution in [0.15, 0.2) is 30.3 Å². The molecule has 0 saturated carbocycles. The number of carbonyl (C=O) groups excluding carboxylic acids is 3. The molecule has 1 atom stereocenters. The monoisotopic (exact) mass is 468 g/mol. The van der Waals surface area contributed by atoms with E-state index in [4.69, 9.17) is 9.47 Å². The average Bonchev–Trinajstić information content (AvgIpc) is 3.04. The molecule has 4 amide bonds. The first-order valence-corrected chi connectivity index (χ1v) is 10.6. The number of imide groups is 1. The highest BCUT2D eigenvalue weighted by molar-refractivity contribution is 6.10. The molecule has 34 heavy (non-hydrogen) atoms. The van der Waals surface area contributed by atoms with Crippen LogP contribution in [-0.2, 0) is 21.5 Å². The average molecular weight is 468 g/mol. The number of carbonyl (C=O) groups is 3. The summed E-state index contributed by atoms with van der Waals surface area (Å²) < 4.78 is 10.3. The van der Waals surface area contributed by atoms with Crippen molar-refractivity contribution in [1.82, 2.24) is 10.2 Å². The predicted molar refractivity (Wildman–Crippen MR) is 121 cm³/mol. The number of amides is 4. The summed E-state index contributed by atoms with van der Waals surface area (Å²) in [6.45, 7) is 1.09. The highest BCUT2D eigenvalue weighted by Gasteiger charge is 2.54. The Morgan fingerprint density at radius 2 is 2.00 bits per heavy atom. The van der Waals surface area contributed by atoms with Gasteiger partial charge in [-0.05, 0) is 55.0 Å². The molecule has 0 aromatic heterocycles. The lowest BCUT2D eigenvalue weighted by atomic mass is 9.76. The Labute approximate surface area is 195 Å². The Balaban J connectivity index is 1.55. The number of ether oxygens (including phenoxy) is 2. The number of aryl methyl sites for hydroxylation is 2. The standard InChI is InChI=1S/C23H24N4O7/c1-13-9-18(27(31)32)19(34-3)11-17(13)24-20(28)12-26-21(29)23(25-22(26)30)8-4-5-14-10-15(33-2)6-7-16(14)23/h6-7,9-11H,4-5,8,12H2,1-3H3,(H,24,28)(H,25,30)/t23-/m1/s1. The molecule has 1 aliphatic heterocycles. The van der Waals surface area contributed by atoms with Crippen LogP contribution >= 0.6 is 0 Å². The Hall–Kier alpha value is -4.15. The first-order valence-electron chi connectivity index (χ1n) is 10.6. The largest absolute Gasteiger partial charge is 0.497 e. The van der Waals surface area contributed by atoms with Crippen LogP contribution in [0.4, 0.5) is 16.2 Å². The van der Waals surface area contributed by atoms with E-state index in [1.54, 1.807) is 26.2 Å². The summed E-state index contributed by atoms with van der Waals surface area (Å²) in [4.78, 5) is 50.4. The van der Waals surface area contributed by atoms with Crippen LogP contribution in [0.3, 0.4) is 0 Å². The van der Waals surface area contributed by atoms with E-state index in [0.717, 1.165) is 16.9 Å². The number of hydrogen-bond acceptors (Lipinski definition) is 7. The first kappa shape index (κ1) is 23.0. The van der Waals surface area contributed by atoms with Crippen molar-refractivity contribution in [3.05, 3.63) is 57.1 Å². The summed E-state index contributed by atoms with van der Waals surface area (Å²) in [5, 5.41) is 16.6. The molecule has 2 N–H and O–H groups in total. The summed E-state index contributed by atoms with van der Waals surface area (Å²) in [7, 11) is 2.85. The number of fused-ring (bicyclic) bond motifs is 2. The molecule has 11 heteroatoms. The van der Waals surface area contributed by atoms with Gasteiger partial charge in [-0.1, -0.05) is 6.07 Å². The van der Waals surface area contributed by atoms with Gasteiger partial charge in [0.25, 0.3) is 5.91 Å².